The Labute approximate surface area is 125 Å². The van der Waals surface area contributed by atoms with E-state index in [2.05, 4.69) is 0 Å². The van der Waals surface area contributed by atoms with Gasteiger partial charge in [-0.1, -0.05) is 0 Å². The average molecular weight is 306 g/mol. The van der Waals surface area contributed by atoms with Crippen molar-refractivity contribution in [2.24, 2.45) is 0 Å². The van der Waals surface area contributed by atoms with Crippen LogP contribution >= 0.6 is 0 Å². The van der Waals surface area contributed by atoms with Crippen LogP contribution in [0.5, 0.6) is 17.2 Å². The van der Waals surface area contributed by atoms with Crippen molar-refractivity contribution in [3.8, 4) is 17.2 Å². The second-order valence-electron chi connectivity index (χ2n) is 4.24. The molecule has 0 aliphatic rings. The van der Waals surface area contributed by atoms with Crippen LogP contribution in [0.2, 0.25) is 0 Å². The van der Waals surface area contributed by atoms with E-state index in [0.717, 1.165) is 12.3 Å². The molecule has 22 heavy (non-hydrogen) atoms. The van der Waals surface area contributed by atoms with Crippen molar-refractivity contribution < 1.29 is 28.5 Å². The zero-order valence-corrected chi connectivity index (χ0v) is 12.0. The molecular formula is C15H14O7. The summed E-state index contributed by atoms with van der Waals surface area (Å²) in [6.07, 6.45) is 0.888. The van der Waals surface area contributed by atoms with Gasteiger partial charge >= 0.3 is 5.97 Å². The van der Waals surface area contributed by atoms with Crippen LogP contribution in [-0.2, 0) is 11.3 Å². The van der Waals surface area contributed by atoms with E-state index in [9.17, 15) is 9.59 Å². The van der Waals surface area contributed by atoms with Crippen molar-refractivity contribution >= 4 is 5.97 Å². The Morgan fingerprint density at radius 3 is 2.64 bits per heavy atom. The predicted molar refractivity (Wildman–Crippen MR) is 75.3 cm³/mol. The van der Waals surface area contributed by atoms with Gasteiger partial charge in [0.1, 0.15) is 35.7 Å². The van der Waals surface area contributed by atoms with Gasteiger partial charge in [-0.05, 0) is 12.1 Å². The maximum Gasteiger partial charge on any atom is 0.342 e. The summed E-state index contributed by atoms with van der Waals surface area (Å²) in [5, 5.41) is 9.07. The van der Waals surface area contributed by atoms with Crippen molar-refractivity contribution in [3.05, 3.63) is 52.1 Å². The molecule has 1 heterocycles. The molecule has 116 valence electrons. The summed E-state index contributed by atoms with van der Waals surface area (Å²) in [6.45, 7) is -0.246. The summed E-state index contributed by atoms with van der Waals surface area (Å²) in [5.41, 5.74) is -0.399. The molecule has 7 heteroatoms. The van der Waals surface area contributed by atoms with Gasteiger partial charge in [0, 0.05) is 12.1 Å². The highest BCUT2D eigenvalue weighted by atomic mass is 16.5. The van der Waals surface area contributed by atoms with E-state index in [0.29, 0.717) is 11.5 Å². The molecule has 0 amide bonds. The van der Waals surface area contributed by atoms with Crippen molar-refractivity contribution in [2.75, 3.05) is 14.2 Å². The van der Waals surface area contributed by atoms with Crippen LogP contribution in [0, 0.1) is 0 Å². The van der Waals surface area contributed by atoms with Gasteiger partial charge in [-0.25, -0.2) is 4.79 Å². The molecule has 1 aromatic carbocycles. The lowest BCUT2D eigenvalue weighted by atomic mass is 10.2. The third kappa shape index (κ3) is 3.38. The minimum Gasteiger partial charge on any atom is -0.502 e. The molecule has 0 saturated carbocycles. The zero-order chi connectivity index (χ0) is 16.1. The first-order chi connectivity index (χ1) is 10.5. The first kappa shape index (κ1) is 15.4. The van der Waals surface area contributed by atoms with Crippen LogP contribution in [0.1, 0.15) is 16.1 Å². The molecule has 2 aromatic rings. The van der Waals surface area contributed by atoms with Gasteiger partial charge in [-0.2, -0.15) is 0 Å². The van der Waals surface area contributed by atoms with Gasteiger partial charge in [0.2, 0.25) is 5.43 Å². The molecule has 0 bridgehead atoms. The highest BCUT2D eigenvalue weighted by Gasteiger charge is 2.15. The van der Waals surface area contributed by atoms with Gasteiger partial charge < -0.3 is 23.7 Å². The van der Waals surface area contributed by atoms with Gasteiger partial charge in [-0.3, -0.25) is 4.79 Å². The molecule has 2 rings (SSSR count). The van der Waals surface area contributed by atoms with Gasteiger partial charge in [0.05, 0.1) is 14.2 Å². The first-order valence-electron chi connectivity index (χ1n) is 6.25. The number of benzene rings is 1. The second-order valence-corrected chi connectivity index (χ2v) is 4.24. The Balaban J connectivity index is 2.12. The predicted octanol–water partition coefficient (Wildman–Crippen LogP) is 1.72. The highest BCUT2D eigenvalue weighted by Crippen LogP contribution is 2.25. The fourth-order valence-electron chi connectivity index (χ4n) is 1.70. The van der Waals surface area contributed by atoms with Crippen LogP contribution in [-0.4, -0.2) is 25.3 Å². The van der Waals surface area contributed by atoms with Crippen LogP contribution < -0.4 is 14.9 Å². The lowest BCUT2D eigenvalue weighted by molar-refractivity contribution is 0.0439. The average Bonchev–Trinajstić information content (AvgIpc) is 2.54. The summed E-state index contributed by atoms with van der Waals surface area (Å²) >= 11 is 0. The molecule has 1 aromatic heterocycles. The number of carbonyl (C=O) groups excluding carboxylic acids is 1. The lowest BCUT2D eigenvalue weighted by Gasteiger charge is -2.10. The summed E-state index contributed by atoms with van der Waals surface area (Å²) in [5.74, 6) is -0.194. The third-order valence-corrected chi connectivity index (χ3v) is 2.84. The molecule has 0 atom stereocenters. The summed E-state index contributed by atoms with van der Waals surface area (Å²) < 4.78 is 20.1. The summed E-state index contributed by atoms with van der Waals surface area (Å²) in [4.78, 5) is 23.3. The number of hydrogen-bond acceptors (Lipinski definition) is 7. The SMILES string of the molecule is COc1ccc(C(=O)OCc2cc(=O)c(O)co2)c(OC)c1. The van der Waals surface area contributed by atoms with E-state index in [1.807, 2.05) is 0 Å². The summed E-state index contributed by atoms with van der Waals surface area (Å²) in [7, 11) is 2.92. The van der Waals surface area contributed by atoms with E-state index in [4.69, 9.17) is 23.7 Å². The summed E-state index contributed by atoms with van der Waals surface area (Å²) in [6, 6.07) is 5.71. The molecule has 0 saturated heterocycles. The Morgan fingerprint density at radius 2 is 2.00 bits per heavy atom. The van der Waals surface area contributed by atoms with Crippen molar-refractivity contribution in [1.29, 1.82) is 0 Å². The third-order valence-electron chi connectivity index (χ3n) is 2.84. The van der Waals surface area contributed by atoms with E-state index >= 15 is 0 Å². The van der Waals surface area contributed by atoms with Gasteiger partial charge in [-0.15, -0.1) is 0 Å². The minimum absolute atomic E-state index is 0.114. The Kier molecular flexibility index (Phi) is 4.67. The maximum absolute atomic E-state index is 12.0. The Bertz CT molecular complexity index is 733. The van der Waals surface area contributed by atoms with E-state index in [1.54, 1.807) is 12.1 Å². The number of hydrogen-bond donors (Lipinski definition) is 1. The first-order valence-corrected chi connectivity index (χ1v) is 6.25. The number of methoxy groups -OCH3 is 2. The monoisotopic (exact) mass is 306 g/mol. The molecule has 1 N–H and O–H groups in total. The van der Waals surface area contributed by atoms with Crippen LogP contribution in [0.4, 0.5) is 0 Å². The quantitative estimate of drug-likeness (QED) is 0.840. The Hall–Kier alpha value is -2.96. The molecule has 0 aliphatic carbocycles. The molecule has 0 spiro atoms. The minimum atomic E-state index is -0.643. The van der Waals surface area contributed by atoms with Crippen LogP contribution in [0.15, 0.2) is 39.7 Å². The van der Waals surface area contributed by atoms with E-state index in [-0.39, 0.29) is 17.9 Å². The molecule has 7 nitrogen and oxygen atoms in total. The number of aromatic hydroxyl groups is 1. The number of rotatable bonds is 5. The normalized spacial score (nSPS) is 10.1. The molecule has 0 aliphatic heterocycles. The molecule has 0 fully saturated rings. The largest absolute Gasteiger partial charge is 0.502 e. The maximum atomic E-state index is 12.0. The van der Waals surface area contributed by atoms with Crippen LogP contribution in [0.25, 0.3) is 0 Å². The number of ether oxygens (including phenoxy) is 3. The van der Waals surface area contributed by atoms with Crippen LogP contribution in [0.3, 0.4) is 0 Å². The van der Waals surface area contributed by atoms with Gasteiger partial charge in [0.15, 0.2) is 5.75 Å². The fourth-order valence-corrected chi connectivity index (χ4v) is 1.70. The molecular weight excluding hydrogens is 292 g/mol. The van der Waals surface area contributed by atoms with Gasteiger partial charge in [0.25, 0.3) is 0 Å². The molecule has 0 radical (unpaired) electrons. The molecule has 0 unspecified atom stereocenters. The number of esters is 1. The smallest absolute Gasteiger partial charge is 0.342 e. The zero-order valence-electron chi connectivity index (χ0n) is 12.0. The topological polar surface area (TPSA) is 95.2 Å². The van der Waals surface area contributed by atoms with Crippen molar-refractivity contribution in [2.45, 2.75) is 6.61 Å². The van der Waals surface area contributed by atoms with Crippen molar-refractivity contribution in [1.82, 2.24) is 0 Å². The van der Waals surface area contributed by atoms with E-state index in [1.165, 1.54) is 20.3 Å². The second kappa shape index (κ2) is 6.66. The Morgan fingerprint density at radius 1 is 1.23 bits per heavy atom. The van der Waals surface area contributed by atoms with E-state index < -0.39 is 17.1 Å². The van der Waals surface area contributed by atoms with Crippen molar-refractivity contribution in [3.63, 3.8) is 0 Å². The number of carbonyl (C=O) groups is 1. The fraction of sp³-hybridized carbons (Fsp3) is 0.200. The highest BCUT2D eigenvalue weighted by molar-refractivity contribution is 5.92. The lowest BCUT2D eigenvalue weighted by Crippen LogP contribution is -2.09. The standard InChI is InChI=1S/C15H14O7/c1-19-9-3-4-11(14(6-9)20-2)15(18)22-7-10-5-12(16)13(17)8-21-10/h3-6,8,17H,7H2,1-2H3.